The van der Waals surface area contributed by atoms with Gasteiger partial charge < -0.3 is 10.2 Å². The van der Waals surface area contributed by atoms with Crippen molar-refractivity contribution in [3.63, 3.8) is 0 Å². The fourth-order valence-corrected chi connectivity index (χ4v) is 3.16. The van der Waals surface area contributed by atoms with Crippen LogP contribution in [-0.4, -0.2) is 14.1 Å². The second-order valence-electron chi connectivity index (χ2n) is 5.90. The van der Waals surface area contributed by atoms with E-state index in [-0.39, 0.29) is 0 Å². The third-order valence-corrected chi connectivity index (χ3v) is 4.30. The van der Waals surface area contributed by atoms with Crippen LogP contribution in [0.3, 0.4) is 0 Å². The van der Waals surface area contributed by atoms with Crippen LogP contribution in [-0.2, 0) is 0 Å². The van der Waals surface area contributed by atoms with Crippen LogP contribution in [0.25, 0.3) is 0 Å². The second-order valence-corrected chi connectivity index (χ2v) is 6.31. The van der Waals surface area contributed by atoms with Crippen molar-refractivity contribution in [2.24, 2.45) is 5.92 Å². The Bertz CT molecular complexity index is 606. The minimum atomic E-state index is 0.364. The summed E-state index contributed by atoms with van der Waals surface area (Å²) in [6.45, 7) is 0. The number of rotatable bonds is 5. The lowest BCUT2D eigenvalue weighted by atomic mass is 10.0. The molecule has 1 N–H and O–H groups in total. The highest BCUT2D eigenvalue weighted by Crippen LogP contribution is 2.44. The Morgan fingerprint density at radius 3 is 2.38 bits per heavy atom. The van der Waals surface area contributed by atoms with Gasteiger partial charge in [0.2, 0.25) is 0 Å². The van der Waals surface area contributed by atoms with E-state index >= 15 is 0 Å². The first kappa shape index (κ1) is 14.3. The predicted molar refractivity (Wildman–Crippen MR) is 91.3 cm³/mol. The van der Waals surface area contributed by atoms with Crippen LogP contribution >= 0.6 is 11.6 Å². The van der Waals surface area contributed by atoms with E-state index in [1.807, 2.05) is 26.2 Å². The first-order chi connectivity index (χ1) is 10.2. The third-order valence-electron chi connectivity index (χ3n) is 4.00. The predicted octanol–water partition coefficient (Wildman–Crippen LogP) is 4.97. The first-order valence-electron chi connectivity index (χ1n) is 7.44. The number of halogens is 1. The molecule has 21 heavy (non-hydrogen) atoms. The molecule has 1 saturated carbocycles. The summed E-state index contributed by atoms with van der Waals surface area (Å²) in [5.74, 6) is 0.724. The van der Waals surface area contributed by atoms with Gasteiger partial charge in [0, 0.05) is 14.1 Å². The van der Waals surface area contributed by atoms with Crippen molar-refractivity contribution in [1.82, 2.24) is 0 Å². The van der Waals surface area contributed by atoms with E-state index in [1.165, 1.54) is 18.4 Å². The zero-order valence-electron chi connectivity index (χ0n) is 12.5. The van der Waals surface area contributed by atoms with Crippen molar-refractivity contribution in [2.45, 2.75) is 18.9 Å². The van der Waals surface area contributed by atoms with Gasteiger partial charge in [-0.25, -0.2) is 0 Å². The Balaban J connectivity index is 1.92. The van der Waals surface area contributed by atoms with Crippen LogP contribution in [0.1, 0.15) is 24.4 Å². The van der Waals surface area contributed by atoms with Crippen molar-refractivity contribution >= 4 is 23.0 Å². The monoisotopic (exact) mass is 300 g/mol. The number of benzene rings is 2. The zero-order valence-corrected chi connectivity index (χ0v) is 13.3. The Morgan fingerprint density at radius 1 is 1.05 bits per heavy atom. The summed E-state index contributed by atoms with van der Waals surface area (Å²) in [6, 6.07) is 17.1. The lowest BCUT2D eigenvalue weighted by Gasteiger charge is -2.25. The van der Waals surface area contributed by atoms with Gasteiger partial charge in [0.1, 0.15) is 0 Å². The molecule has 3 rings (SSSR count). The Labute approximate surface area is 131 Å². The average Bonchev–Trinajstić information content (AvgIpc) is 3.30. The van der Waals surface area contributed by atoms with E-state index < -0.39 is 0 Å². The first-order valence-corrected chi connectivity index (χ1v) is 7.82. The lowest BCUT2D eigenvalue weighted by Crippen LogP contribution is -2.17. The van der Waals surface area contributed by atoms with Gasteiger partial charge in [0.25, 0.3) is 0 Å². The molecule has 2 nitrogen and oxygen atoms in total. The van der Waals surface area contributed by atoms with Crippen molar-refractivity contribution in [3.8, 4) is 0 Å². The molecule has 0 bridgehead atoms. The van der Waals surface area contributed by atoms with Gasteiger partial charge in [-0.3, -0.25) is 0 Å². The van der Waals surface area contributed by atoms with Gasteiger partial charge in [-0.2, -0.15) is 0 Å². The highest BCUT2D eigenvalue weighted by Gasteiger charge is 2.32. The molecule has 0 radical (unpaired) electrons. The molecule has 1 unspecified atom stereocenters. The maximum atomic E-state index is 6.37. The standard InChI is InChI=1S/C18H21ClN2/c1-21(2)18-15(19)9-6-10-16(18)20-17(14-11-12-14)13-7-4-3-5-8-13/h3-10,14,17,20H,11-12H2,1-2H3. The molecule has 2 aromatic rings. The topological polar surface area (TPSA) is 15.3 Å². The summed E-state index contributed by atoms with van der Waals surface area (Å²) >= 11 is 6.37. The molecule has 0 spiro atoms. The van der Waals surface area contributed by atoms with Crippen LogP contribution in [0.15, 0.2) is 48.5 Å². The molecule has 0 amide bonds. The van der Waals surface area contributed by atoms with E-state index in [0.29, 0.717) is 6.04 Å². The molecular weight excluding hydrogens is 280 g/mol. The van der Waals surface area contributed by atoms with E-state index in [2.05, 4.69) is 46.6 Å². The fraction of sp³-hybridized carbons (Fsp3) is 0.333. The number of hydrogen-bond acceptors (Lipinski definition) is 2. The smallest absolute Gasteiger partial charge is 0.0786 e. The van der Waals surface area contributed by atoms with Crippen LogP contribution in [0.2, 0.25) is 5.02 Å². The van der Waals surface area contributed by atoms with Gasteiger partial charge in [0.15, 0.2) is 0 Å². The van der Waals surface area contributed by atoms with E-state index in [1.54, 1.807) is 0 Å². The van der Waals surface area contributed by atoms with Gasteiger partial charge in [-0.05, 0) is 36.5 Å². The van der Waals surface area contributed by atoms with E-state index in [4.69, 9.17) is 11.6 Å². The highest BCUT2D eigenvalue weighted by molar-refractivity contribution is 6.34. The van der Waals surface area contributed by atoms with Crippen molar-refractivity contribution in [2.75, 3.05) is 24.3 Å². The molecular formula is C18H21ClN2. The normalized spacial score (nSPS) is 15.6. The maximum Gasteiger partial charge on any atom is 0.0786 e. The van der Waals surface area contributed by atoms with E-state index in [0.717, 1.165) is 22.3 Å². The number of nitrogens with zero attached hydrogens (tertiary/aromatic N) is 1. The summed E-state index contributed by atoms with van der Waals surface area (Å²) in [4.78, 5) is 2.07. The minimum Gasteiger partial charge on any atom is -0.376 e. The molecule has 110 valence electrons. The summed E-state index contributed by atoms with van der Waals surface area (Å²) < 4.78 is 0. The third kappa shape index (κ3) is 3.16. The quantitative estimate of drug-likeness (QED) is 0.838. The number of nitrogens with one attached hydrogen (secondary N) is 1. The van der Waals surface area contributed by atoms with Crippen molar-refractivity contribution < 1.29 is 0 Å². The molecule has 2 aromatic carbocycles. The second kappa shape index (κ2) is 5.98. The maximum absolute atomic E-state index is 6.37. The molecule has 1 fully saturated rings. The molecule has 1 aliphatic carbocycles. The summed E-state index contributed by atoms with van der Waals surface area (Å²) in [6.07, 6.45) is 2.59. The minimum absolute atomic E-state index is 0.364. The summed E-state index contributed by atoms with van der Waals surface area (Å²) in [5, 5.41) is 4.51. The molecule has 1 aliphatic rings. The number of anilines is 2. The molecule has 0 saturated heterocycles. The lowest BCUT2D eigenvalue weighted by molar-refractivity contribution is 0.679. The van der Waals surface area contributed by atoms with Crippen LogP contribution in [0.5, 0.6) is 0 Å². The molecule has 3 heteroatoms. The highest BCUT2D eigenvalue weighted by atomic mass is 35.5. The van der Waals surface area contributed by atoms with Gasteiger partial charge in [-0.15, -0.1) is 0 Å². The van der Waals surface area contributed by atoms with Crippen LogP contribution in [0, 0.1) is 5.92 Å². The Kier molecular flexibility index (Phi) is 4.07. The zero-order chi connectivity index (χ0) is 14.8. The van der Waals surface area contributed by atoms with E-state index in [9.17, 15) is 0 Å². The SMILES string of the molecule is CN(C)c1c(Cl)cccc1NC(c1ccccc1)C1CC1. The summed E-state index contributed by atoms with van der Waals surface area (Å²) in [5.41, 5.74) is 3.51. The van der Waals surface area contributed by atoms with Crippen LogP contribution < -0.4 is 10.2 Å². The van der Waals surface area contributed by atoms with Crippen molar-refractivity contribution in [1.29, 1.82) is 0 Å². The van der Waals surface area contributed by atoms with Gasteiger partial charge in [0.05, 0.1) is 22.4 Å². The fourth-order valence-electron chi connectivity index (χ4n) is 2.82. The Hall–Kier alpha value is -1.67. The van der Waals surface area contributed by atoms with Crippen LogP contribution in [0.4, 0.5) is 11.4 Å². The van der Waals surface area contributed by atoms with Gasteiger partial charge in [-0.1, -0.05) is 48.0 Å². The van der Waals surface area contributed by atoms with Crippen molar-refractivity contribution in [3.05, 3.63) is 59.1 Å². The molecule has 0 aliphatic heterocycles. The number of para-hydroxylation sites is 1. The molecule has 0 aromatic heterocycles. The number of hydrogen-bond donors (Lipinski definition) is 1. The molecule has 1 atom stereocenters. The average molecular weight is 301 g/mol. The van der Waals surface area contributed by atoms with Gasteiger partial charge >= 0.3 is 0 Å². The molecule has 0 heterocycles. The summed E-state index contributed by atoms with van der Waals surface area (Å²) in [7, 11) is 4.06. The Morgan fingerprint density at radius 2 is 1.76 bits per heavy atom. The largest absolute Gasteiger partial charge is 0.376 e.